The smallest absolute Gasteiger partial charge is 0.320 e. The molecular weight excluding hydrogens is 315 g/mol. The van der Waals surface area contributed by atoms with E-state index in [1.54, 1.807) is 0 Å². The number of rotatable bonds is 5. The Hall–Kier alpha value is -1.11. The third kappa shape index (κ3) is 4.81. The summed E-state index contributed by atoms with van der Waals surface area (Å²) in [4.78, 5) is 22.7. The van der Waals surface area contributed by atoms with Gasteiger partial charge >= 0.3 is 5.97 Å². The summed E-state index contributed by atoms with van der Waals surface area (Å²) in [7, 11) is -2.82. The molecule has 0 aliphatic carbocycles. The van der Waals surface area contributed by atoms with Crippen LogP contribution in [-0.2, 0) is 19.4 Å². The number of benzene rings is 1. The van der Waals surface area contributed by atoms with Gasteiger partial charge < -0.3 is 4.74 Å². The van der Waals surface area contributed by atoms with Crippen LogP contribution in [0.4, 0.5) is 0 Å². The molecule has 0 aliphatic heterocycles. The molecule has 0 saturated heterocycles. The number of sulfone groups is 1. The zero-order chi connectivity index (χ0) is 14.6. The number of hydrogen-bond donors (Lipinski definition) is 0. The van der Waals surface area contributed by atoms with Crippen molar-refractivity contribution in [2.24, 2.45) is 0 Å². The van der Waals surface area contributed by atoms with Crippen molar-refractivity contribution in [1.82, 2.24) is 0 Å². The van der Waals surface area contributed by atoms with E-state index in [4.69, 9.17) is 23.2 Å². The Morgan fingerprint density at radius 1 is 1.21 bits per heavy atom. The fourth-order valence-electron chi connectivity index (χ4n) is 1.28. The molecule has 1 aromatic rings. The van der Waals surface area contributed by atoms with Gasteiger partial charge in [-0.1, -0.05) is 23.2 Å². The SMILES string of the molecule is COC(=O)CS(=O)(=O)CC(=O)c1ccc(Cl)cc1Cl. The maximum absolute atomic E-state index is 11.8. The Bertz CT molecular complexity index is 610. The van der Waals surface area contributed by atoms with Gasteiger partial charge in [0, 0.05) is 10.6 Å². The largest absolute Gasteiger partial charge is 0.468 e. The van der Waals surface area contributed by atoms with Crippen molar-refractivity contribution in [3.05, 3.63) is 33.8 Å². The van der Waals surface area contributed by atoms with Gasteiger partial charge in [-0.25, -0.2) is 8.42 Å². The zero-order valence-electron chi connectivity index (χ0n) is 9.85. The summed E-state index contributed by atoms with van der Waals surface area (Å²) in [5, 5.41) is 0.393. The number of ketones is 1. The molecule has 0 unspecified atom stereocenters. The molecular formula is C11H10Cl2O5S. The van der Waals surface area contributed by atoms with E-state index in [0.717, 1.165) is 7.11 Å². The van der Waals surface area contributed by atoms with Crippen LogP contribution in [0, 0.1) is 0 Å². The third-order valence-corrected chi connectivity index (χ3v) is 4.07. The van der Waals surface area contributed by atoms with Crippen LogP contribution in [-0.4, -0.2) is 38.8 Å². The summed E-state index contributed by atoms with van der Waals surface area (Å²) in [6, 6.07) is 4.09. The number of esters is 1. The quantitative estimate of drug-likeness (QED) is 0.609. The first kappa shape index (κ1) is 15.9. The van der Waals surface area contributed by atoms with Crippen LogP contribution in [0.25, 0.3) is 0 Å². The van der Waals surface area contributed by atoms with Gasteiger partial charge in [-0.2, -0.15) is 0 Å². The van der Waals surface area contributed by atoms with Crippen molar-refractivity contribution in [2.45, 2.75) is 0 Å². The molecule has 0 heterocycles. The van der Waals surface area contributed by atoms with Crippen LogP contribution >= 0.6 is 23.2 Å². The molecule has 1 rings (SSSR count). The van der Waals surface area contributed by atoms with Gasteiger partial charge in [-0.05, 0) is 18.2 Å². The van der Waals surface area contributed by atoms with Gasteiger partial charge in [0.05, 0.1) is 12.1 Å². The average Bonchev–Trinajstić information content (AvgIpc) is 2.26. The number of Topliss-reactive ketones (excluding diaryl/α,β-unsaturated/α-hetero) is 1. The van der Waals surface area contributed by atoms with Gasteiger partial charge in [-0.15, -0.1) is 0 Å². The Kier molecular flexibility index (Phi) is 5.34. The van der Waals surface area contributed by atoms with Crippen LogP contribution in [0.5, 0.6) is 0 Å². The second kappa shape index (κ2) is 6.36. The molecule has 104 valence electrons. The van der Waals surface area contributed by atoms with Crippen LogP contribution in [0.15, 0.2) is 18.2 Å². The van der Waals surface area contributed by atoms with Crippen LogP contribution in [0.1, 0.15) is 10.4 Å². The van der Waals surface area contributed by atoms with E-state index in [1.165, 1.54) is 18.2 Å². The van der Waals surface area contributed by atoms with Crippen molar-refractivity contribution in [3.63, 3.8) is 0 Å². The van der Waals surface area contributed by atoms with Crippen molar-refractivity contribution in [2.75, 3.05) is 18.6 Å². The first-order chi connectivity index (χ1) is 8.75. The van der Waals surface area contributed by atoms with Gasteiger partial charge in [0.1, 0.15) is 11.5 Å². The van der Waals surface area contributed by atoms with Crippen LogP contribution < -0.4 is 0 Å². The number of methoxy groups -OCH3 is 1. The van der Waals surface area contributed by atoms with Crippen molar-refractivity contribution in [1.29, 1.82) is 0 Å². The molecule has 0 spiro atoms. The minimum Gasteiger partial charge on any atom is -0.468 e. The van der Waals surface area contributed by atoms with Crippen molar-refractivity contribution < 1.29 is 22.7 Å². The van der Waals surface area contributed by atoms with Gasteiger partial charge in [0.15, 0.2) is 15.6 Å². The van der Waals surface area contributed by atoms with Gasteiger partial charge in [0.2, 0.25) is 0 Å². The highest BCUT2D eigenvalue weighted by atomic mass is 35.5. The Balaban J connectivity index is 2.88. The highest BCUT2D eigenvalue weighted by Gasteiger charge is 2.23. The van der Waals surface area contributed by atoms with Crippen LogP contribution in [0.2, 0.25) is 10.0 Å². The molecule has 0 aliphatic rings. The number of carbonyl (C=O) groups excluding carboxylic acids is 2. The topological polar surface area (TPSA) is 77.5 Å². The molecule has 0 bridgehead atoms. The number of ether oxygens (including phenoxy) is 1. The minimum absolute atomic E-state index is 0.0412. The van der Waals surface area contributed by atoms with Gasteiger partial charge in [-0.3, -0.25) is 9.59 Å². The predicted molar refractivity (Wildman–Crippen MR) is 71.5 cm³/mol. The molecule has 0 N–H and O–H groups in total. The lowest BCUT2D eigenvalue weighted by molar-refractivity contribution is -0.137. The molecule has 5 nitrogen and oxygen atoms in total. The molecule has 1 aromatic carbocycles. The maximum Gasteiger partial charge on any atom is 0.320 e. The Morgan fingerprint density at radius 3 is 2.37 bits per heavy atom. The van der Waals surface area contributed by atoms with E-state index < -0.39 is 33.1 Å². The first-order valence-corrected chi connectivity index (χ1v) is 7.58. The number of carbonyl (C=O) groups is 2. The second-order valence-electron chi connectivity index (χ2n) is 3.66. The van der Waals surface area contributed by atoms with E-state index in [9.17, 15) is 18.0 Å². The highest BCUT2D eigenvalue weighted by molar-refractivity contribution is 7.92. The molecule has 0 aromatic heterocycles. The zero-order valence-corrected chi connectivity index (χ0v) is 12.2. The summed E-state index contributed by atoms with van der Waals surface area (Å²) >= 11 is 11.5. The van der Waals surface area contributed by atoms with E-state index in [2.05, 4.69) is 4.74 Å². The monoisotopic (exact) mass is 324 g/mol. The lowest BCUT2D eigenvalue weighted by Gasteiger charge is -2.05. The van der Waals surface area contributed by atoms with E-state index in [1.807, 2.05) is 0 Å². The third-order valence-electron chi connectivity index (χ3n) is 2.15. The van der Waals surface area contributed by atoms with Crippen molar-refractivity contribution in [3.8, 4) is 0 Å². The van der Waals surface area contributed by atoms with E-state index in [-0.39, 0.29) is 10.6 Å². The average molecular weight is 325 g/mol. The lowest BCUT2D eigenvalue weighted by atomic mass is 10.1. The molecule has 0 atom stereocenters. The van der Waals surface area contributed by atoms with E-state index in [0.29, 0.717) is 5.02 Å². The molecule has 0 saturated carbocycles. The number of hydrogen-bond acceptors (Lipinski definition) is 5. The summed E-state index contributed by atoms with van der Waals surface area (Å²) in [6.07, 6.45) is 0. The maximum atomic E-state index is 11.8. The van der Waals surface area contributed by atoms with E-state index >= 15 is 0 Å². The summed E-state index contributed by atoms with van der Waals surface area (Å²) in [5.74, 6) is -3.29. The fourth-order valence-corrected chi connectivity index (χ4v) is 2.93. The Labute approximate surface area is 120 Å². The molecule has 0 fully saturated rings. The predicted octanol–water partition coefficient (Wildman–Crippen LogP) is 1.76. The molecule has 19 heavy (non-hydrogen) atoms. The van der Waals surface area contributed by atoms with Crippen LogP contribution in [0.3, 0.4) is 0 Å². The second-order valence-corrected chi connectivity index (χ2v) is 6.56. The molecule has 8 heteroatoms. The van der Waals surface area contributed by atoms with Crippen molar-refractivity contribution >= 4 is 44.8 Å². The summed E-state index contributed by atoms with van der Waals surface area (Å²) < 4.78 is 27.4. The normalized spacial score (nSPS) is 11.1. The molecule has 0 radical (unpaired) electrons. The molecule has 0 amide bonds. The minimum atomic E-state index is -3.88. The standard InChI is InChI=1S/C11H10Cl2O5S/c1-18-11(15)6-19(16,17)5-10(14)8-3-2-7(12)4-9(8)13/h2-4H,5-6H2,1H3. The number of halogens is 2. The fraction of sp³-hybridized carbons (Fsp3) is 0.273. The Morgan fingerprint density at radius 2 is 1.84 bits per heavy atom. The summed E-state index contributed by atoms with van der Waals surface area (Å²) in [6.45, 7) is 0. The highest BCUT2D eigenvalue weighted by Crippen LogP contribution is 2.21. The summed E-state index contributed by atoms with van der Waals surface area (Å²) in [5.41, 5.74) is 0.0412. The first-order valence-electron chi connectivity index (χ1n) is 5.00. The van der Waals surface area contributed by atoms with Gasteiger partial charge in [0.25, 0.3) is 0 Å². The lowest BCUT2D eigenvalue weighted by Crippen LogP contribution is -2.24.